The molecule has 0 saturated heterocycles. The molecule has 0 radical (unpaired) electrons. The fourth-order valence-electron chi connectivity index (χ4n) is 1.08. The van der Waals surface area contributed by atoms with Crippen molar-refractivity contribution in [3.63, 3.8) is 0 Å². The SMILES string of the molecule is COc1c(CN=C=O)cc(Br)c(F)c1F. The maximum Gasteiger partial charge on any atom is 0.235 e. The zero-order chi connectivity index (χ0) is 11.4. The van der Waals surface area contributed by atoms with Gasteiger partial charge in [0.15, 0.2) is 11.6 Å². The van der Waals surface area contributed by atoms with Gasteiger partial charge in [0.25, 0.3) is 0 Å². The molecule has 0 heterocycles. The second-order valence-corrected chi connectivity index (χ2v) is 3.44. The Bertz CT molecular complexity index is 431. The molecule has 6 heteroatoms. The highest BCUT2D eigenvalue weighted by molar-refractivity contribution is 9.10. The van der Waals surface area contributed by atoms with Gasteiger partial charge in [-0.3, -0.25) is 0 Å². The Hall–Kier alpha value is -1.26. The second kappa shape index (κ2) is 5.00. The molecule has 1 aromatic rings. The predicted molar refractivity (Wildman–Crippen MR) is 52.4 cm³/mol. The Morgan fingerprint density at radius 3 is 2.73 bits per heavy atom. The summed E-state index contributed by atoms with van der Waals surface area (Å²) >= 11 is 2.84. The van der Waals surface area contributed by atoms with Crippen LogP contribution >= 0.6 is 15.9 Å². The van der Waals surface area contributed by atoms with Crippen LogP contribution in [0.25, 0.3) is 0 Å². The van der Waals surface area contributed by atoms with Crippen LogP contribution in [0.4, 0.5) is 8.78 Å². The van der Waals surface area contributed by atoms with Crippen molar-refractivity contribution in [3.05, 3.63) is 27.7 Å². The number of aliphatic imine (C=N–C) groups is 1. The molecule has 15 heavy (non-hydrogen) atoms. The summed E-state index contributed by atoms with van der Waals surface area (Å²) in [5.41, 5.74) is 0.270. The molecular formula is C9H6BrF2NO2. The van der Waals surface area contributed by atoms with Gasteiger partial charge in [-0.1, -0.05) is 0 Å². The molecule has 0 aliphatic rings. The molecule has 0 amide bonds. The molecule has 0 fully saturated rings. The number of ether oxygens (including phenoxy) is 1. The Labute approximate surface area is 92.9 Å². The third-order valence-electron chi connectivity index (χ3n) is 1.71. The van der Waals surface area contributed by atoms with Crippen LogP contribution in [0.5, 0.6) is 5.75 Å². The van der Waals surface area contributed by atoms with Crippen molar-refractivity contribution in [1.82, 2.24) is 0 Å². The lowest BCUT2D eigenvalue weighted by Crippen LogP contribution is -1.98. The number of hydrogen-bond acceptors (Lipinski definition) is 3. The van der Waals surface area contributed by atoms with Crippen molar-refractivity contribution in [2.24, 2.45) is 4.99 Å². The summed E-state index contributed by atoms with van der Waals surface area (Å²) in [5, 5.41) is 0. The van der Waals surface area contributed by atoms with Gasteiger partial charge in [0.1, 0.15) is 0 Å². The van der Waals surface area contributed by atoms with E-state index in [2.05, 4.69) is 25.7 Å². The van der Waals surface area contributed by atoms with Crippen molar-refractivity contribution in [1.29, 1.82) is 0 Å². The Kier molecular flexibility index (Phi) is 3.94. The highest BCUT2D eigenvalue weighted by Crippen LogP contribution is 2.30. The molecule has 0 aliphatic carbocycles. The molecule has 0 aliphatic heterocycles. The number of halogens is 3. The van der Waals surface area contributed by atoms with Gasteiger partial charge in [-0.05, 0) is 22.0 Å². The quantitative estimate of drug-likeness (QED) is 0.484. The molecule has 80 valence electrons. The highest BCUT2D eigenvalue weighted by atomic mass is 79.9. The van der Waals surface area contributed by atoms with Crippen molar-refractivity contribution in [3.8, 4) is 5.75 Å². The van der Waals surface area contributed by atoms with Gasteiger partial charge in [0.05, 0.1) is 18.1 Å². The van der Waals surface area contributed by atoms with E-state index in [4.69, 9.17) is 0 Å². The predicted octanol–water partition coefficient (Wildman–Crippen LogP) is 2.57. The third-order valence-corrected chi connectivity index (χ3v) is 2.29. The smallest absolute Gasteiger partial charge is 0.235 e. The van der Waals surface area contributed by atoms with Crippen LogP contribution in [-0.4, -0.2) is 13.2 Å². The highest BCUT2D eigenvalue weighted by Gasteiger charge is 2.17. The number of methoxy groups -OCH3 is 1. The molecule has 0 bridgehead atoms. The number of rotatable bonds is 3. The molecule has 0 N–H and O–H groups in total. The molecule has 3 nitrogen and oxygen atoms in total. The van der Waals surface area contributed by atoms with Crippen molar-refractivity contribution >= 4 is 22.0 Å². The maximum atomic E-state index is 13.3. The zero-order valence-corrected chi connectivity index (χ0v) is 9.27. The van der Waals surface area contributed by atoms with E-state index < -0.39 is 11.6 Å². The standard InChI is InChI=1S/C9H6BrF2NO2/c1-15-9-5(3-13-4-14)2-6(10)7(11)8(9)12/h2H,3H2,1H3. The van der Waals surface area contributed by atoms with Gasteiger partial charge in [-0.15, -0.1) is 0 Å². The Balaban J connectivity index is 3.31. The Morgan fingerprint density at radius 1 is 1.53 bits per heavy atom. The molecule has 1 aromatic carbocycles. The minimum absolute atomic E-state index is 0.0445. The van der Waals surface area contributed by atoms with E-state index in [9.17, 15) is 13.6 Å². The first-order valence-electron chi connectivity index (χ1n) is 3.85. The van der Waals surface area contributed by atoms with Gasteiger partial charge < -0.3 is 4.74 Å². The summed E-state index contributed by atoms with van der Waals surface area (Å²) in [5.74, 6) is -2.40. The largest absolute Gasteiger partial charge is 0.493 e. The Morgan fingerprint density at radius 2 is 2.20 bits per heavy atom. The van der Waals surface area contributed by atoms with E-state index in [1.807, 2.05) is 0 Å². The van der Waals surface area contributed by atoms with Crippen LogP contribution < -0.4 is 4.74 Å². The van der Waals surface area contributed by atoms with E-state index in [-0.39, 0.29) is 22.3 Å². The molecule has 0 atom stereocenters. The van der Waals surface area contributed by atoms with Crippen molar-refractivity contribution in [2.75, 3.05) is 7.11 Å². The van der Waals surface area contributed by atoms with E-state index >= 15 is 0 Å². The summed E-state index contributed by atoms with van der Waals surface area (Å²) in [4.78, 5) is 13.2. The summed E-state index contributed by atoms with van der Waals surface area (Å²) in [6, 6.07) is 1.30. The first kappa shape index (κ1) is 11.8. The van der Waals surface area contributed by atoms with Gasteiger partial charge in [0.2, 0.25) is 11.9 Å². The van der Waals surface area contributed by atoms with E-state index in [0.717, 1.165) is 0 Å². The molecule has 0 saturated carbocycles. The van der Waals surface area contributed by atoms with E-state index in [0.29, 0.717) is 0 Å². The van der Waals surface area contributed by atoms with Crippen LogP contribution in [0.3, 0.4) is 0 Å². The van der Waals surface area contributed by atoms with Crippen molar-refractivity contribution in [2.45, 2.75) is 6.54 Å². The van der Waals surface area contributed by atoms with Crippen LogP contribution in [0.2, 0.25) is 0 Å². The van der Waals surface area contributed by atoms with Crippen molar-refractivity contribution < 1.29 is 18.3 Å². The van der Waals surface area contributed by atoms with Gasteiger partial charge >= 0.3 is 0 Å². The van der Waals surface area contributed by atoms with Crippen LogP contribution in [-0.2, 0) is 11.3 Å². The monoisotopic (exact) mass is 277 g/mol. The number of isocyanates is 1. The lowest BCUT2D eigenvalue weighted by Gasteiger charge is -2.08. The topological polar surface area (TPSA) is 38.7 Å². The summed E-state index contributed by atoms with van der Waals surface area (Å²) in [6.07, 6.45) is 1.31. The van der Waals surface area contributed by atoms with Crippen LogP contribution in [0.15, 0.2) is 15.5 Å². The molecule has 1 rings (SSSR count). The lowest BCUT2D eigenvalue weighted by atomic mass is 10.2. The summed E-state index contributed by atoms with van der Waals surface area (Å²) in [6.45, 7) is -0.109. The van der Waals surface area contributed by atoms with Crippen LogP contribution in [0, 0.1) is 11.6 Å². The molecule has 0 aromatic heterocycles. The van der Waals surface area contributed by atoms with Crippen LogP contribution in [0.1, 0.15) is 5.56 Å². The number of carbonyl (C=O) groups excluding carboxylic acids is 1. The first-order chi connectivity index (χ1) is 7.11. The van der Waals surface area contributed by atoms with Gasteiger partial charge in [0, 0.05) is 5.56 Å². The summed E-state index contributed by atoms with van der Waals surface area (Å²) in [7, 11) is 1.21. The maximum absolute atomic E-state index is 13.3. The second-order valence-electron chi connectivity index (χ2n) is 2.59. The molecule has 0 unspecified atom stereocenters. The fraction of sp³-hybridized carbons (Fsp3) is 0.222. The average Bonchev–Trinajstić information content (AvgIpc) is 2.23. The summed E-state index contributed by atoms with van der Waals surface area (Å²) < 4.78 is 31.0. The molecule has 0 spiro atoms. The number of nitrogens with zero attached hydrogens (tertiary/aromatic N) is 1. The minimum atomic E-state index is -1.11. The normalized spacial score (nSPS) is 9.60. The van der Waals surface area contributed by atoms with E-state index in [1.165, 1.54) is 19.3 Å². The average molecular weight is 278 g/mol. The number of hydrogen-bond donors (Lipinski definition) is 0. The van der Waals surface area contributed by atoms with Gasteiger partial charge in [-0.2, -0.15) is 4.39 Å². The molecular weight excluding hydrogens is 272 g/mol. The lowest BCUT2D eigenvalue weighted by molar-refractivity contribution is 0.366. The number of benzene rings is 1. The third kappa shape index (κ3) is 2.40. The van der Waals surface area contributed by atoms with Gasteiger partial charge in [-0.25, -0.2) is 14.2 Å². The zero-order valence-electron chi connectivity index (χ0n) is 7.68. The first-order valence-corrected chi connectivity index (χ1v) is 4.65. The minimum Gasteiger partial charge on any atom is -0.493 e. The fourth-order valence-corrected chi connectivity index (χ4v) is 1.53. The van der Waals surface area contributed by atoms with E-state index in [1.54, 1.807) is 0 Å².